The molecule has 0 radical (unpaired) electrons. The van der Waals surface area contributed by atoms with Crippen LogP contribution < -0.4 is 9.80 Å². The van der Waals surface area contributed by atoms with E-state index >= 15 is 0 Å². The number of fused-ring (bicyclic) bond motifs is 1. The van der Waals surface area contributed by atoms with E-state index in [9.17, 15) is 0 Å². The first kappa shape index (κ1) is 20.5. The normalized spacial score (nSPS) is 14.5. The van der Waals surface area contributed by atoms with Crippen LogP contribution in [0.3, 0.4) is 0 Å². The fraction of sp³-hybridized carbons (Fsp3) is 0.346. The van der Waals surface area contributed by atoms with Crippen molar-refractivity contribution < 1.29 is 0 Å². The van der Waals surface area contributed by atoms with Crippen LogP contribution in [0, 0.1) is 13.8 Å². The number of rotatable bonds is 4. The summed E-state index contributed by atoms with van der Waals surface area (Å²) in [6.07, 6.45) is 6.01. The zero-order valence-electron chi connectivity index (χ0n) is 19.3. The third-order valence-corrected chi connectivity index (χ3v) is 6.43. The van der Waals surface area contributed by atoms with Crippen LogP contribution in [0.1, 0.15) is 36.8 Å². The number of hydrogen-bond donors (Lipinski definition) is 0. The molecule has 1 aliphatic rings. The van der Waals surface area contributed by atoms with E-state index in [1.54, 1.807) is 0 Å². The summed E-state index contributed by atoms with van der Waals surface area (Å²) in [7, 11) is 0. The average molecular weight is 427 g/mol. The van der Waals surface area contributed by atoms with Crippen LogP contribution >= 0.6 is 0 Å². The van der Waals surface area contributed by atoms with E-state index in [2.05, 4.69) is 88.4 Å². The molecule has 1 aromatic carbocycles. The van der Waals surface area contributed by atoms with Crippen molar-refractivity contribution >= 4 is 17.0 Å². The minimum atomic E-state index is 0.355. The van der Waals surface area contributed by atoms with E-state index in [0.717, 1.165) is 49.0 Å². The molecule has 3 aromatic heterocycles. The summed E-state index contributed by atoms with van der Waals surface area (Å²) < 4.78 is 2.16. The molecule has 0 atom stereocenters. The Labute approximate surface area is 189 Å². The van der Waals surface area contributed by atoms with Crippen LogP contribution in [-0.4, -0.2) is 45.5 Å². The van der Waals surface area contributed by atoms with Crippen molar-refractivity contribution in [2.45, 2.75) is 33.6 Å². The molecule has 0 N–H and O–H groups in total. The number of aromatic nitrogens is 4. The number of benzene rings is 1. The SMILES string of the molecule is Cc1ccc(N2CCN(c3cnc(C(C)C)nc3)CC2)cc1-c1nc2ccccn2c1C. The Morgan fingerprint density at radius 3 is 2.19 bits per heavy atom. The number of aryl methyl sites for hydroxylation is 2. The second-order valence-corrected chi connectivity index (χ2v) is 8.90. The standard InChI is InChI=1S/C26H30N6/c1-18(2)26-27-16-22(17-28-26)31-13-11-30(12-14-31)21-9-8-19(3)23(15-21)25-20(4)32-10-6-5-7-24(32)29-25/h5-10,15-18H,11-14H2,1-4H3. The lowest BCUT2D eigenvalue weighted by molar-refractivity contribution is 0.649. The van der Waals surface area contributed by atoms with E-state index < -0.39 is 0 Å². The van der Waals surface area contributed by atoms with Gasteiger partial charge in [-0.15, -0.1) is 0 Å². The Hall–Kier alpha value is -3.41. The summed E-state index contributed by atoms with van der Waals surface area (Å²) in [4.78, 5) is 18.8. The first-order valence-corrected chi connectivity index (χ1v) is 11.4. The summed E-state index contributed by atoms with van der Waals surface area (Å²) in [5.41, 5.74) is 8.06. The highest BCUT2D eigenvalue weighted by molar-refractivity contribution is 5.73. The summed E-state index contributed by atoms with van der Waals surface area (Å²) in [6.45, 7) is 12.4. The number of nitrogens with zero attached hydrogens (tertiary/aromatic N) is 6. The first-order chi connectivity index (χ1) is 15.5. The third-order valence-electron chi connectivity index (χ3n) is 6.43. The molecule has 0 bridgehead atoms. The minimum absolute atomic E-state index is 0.355. The monoisotopic (exact) mass is 426 g/mol. The third kappa shape index (κ3) is 3.70. The Bertz CT molecular complexity index is 1230. The number of piperazine rings is 1. The van der Waals surface area contributed by atoms with Gasteiger partial charge in [-0.25, -0.2) is 15.0 Å². The van der Waals surface area contributed by atoms with Crippen molar-refractivity contribution in [1.82, 2.24) is 19.4 Å². The Morgan fingerprint density at radius 2 is 1.53 bits per heavy atom. The van der Waals surface area contributed by atoms with Gasteiger partial charge in [0.2, 0.25) is 0 Å². The molecular formula is C26H30N6. The number of hydrogen-bond acceptors (Lipinski definition) is 5. The quantitative estimate of drug-likeness (QED) is 0.467. The number of anilines is 2. The van der Waals surface area contributed by atoms with Gasteiger partial charge in [0.15, 0.2) is 0 Å². The van der Waals surface area contributed by atoms with Crippen molar-refractivity contribution in [3.05, 3.63) is 72.1 Å². The molecule has 6 heteroatoms. The van der Waals surface area contributed by atoms with Crippen LogP contribution in [-0.2, 0) is 0 Å². The fourth-order valence-corrected chi connectivity index (χ4v) is 4.45. The molecule has 0 spiro atoms. The van der Waals surface area contributed by atoms with E-state index in [-0.39, 0.29) is 0 Å². The highest BCUT2D eigenvalue weighted by Gasteiger charge is 2.20. The Morgan fingerprint density at radius 1 is 0.844 bits per heavy atom. The van der Waals surface area contributed by atoms with Gasteiger partial charge < -0.3 is 14.2 Å². The molecular weight excluding hydrogens is 396 g/mol. The van der Waals surface area contributed by atoms with Crippen molar-refractivity contribution in [2.75, 3.05) is 36.0 Å². The smallest absolute Gasteiger partial charge is 0.137 e. The van der Waals surface area contributed by atoms with E-state index in [1.807, 2.05) is 18.5 Å². The van der Waals surface area contributed by atoms with Crippen molar-refractivity contribution in [3.8, 4) is 11.3 Å². The maximum Gasteiger partial charge on any atom is 0.137 e. The van der Waals surface area contributed by atoms with E-state index in [4.69, 9.17) is 4.98 Å². The maximum atomic E-state index is 4.92. The minimum Gasteiger partial charge on any atom is -0.368 e. The zero-order valence-corrected chi connectivity index (χ0v) is 19.3. The molecule has 1 fully saturated rings. The van der Waals surface area contributed by atoms with Gasteiger partial charge in [0.05, 0.1) is 23.8 Å². The second kappa shape index (κ2) is 8.26. The van der Waals surface area contributed by atoms with Gasteiger partial charge >= 0.3 is 0 Å². The predicted octanol–water partition coefficient (Wildman–Crippen LogP) is 4.86. The molecule has 1 saturated heterocycles. The van der Waals surface area contributed by atoms with Crippen LogP contribution in [0.2, 0.25) is 0 Å². The Balaban J connectivity index is 1.36. The lowest BCUT2D eigenvalue weighted by Crippen LogP contribution is -2.46. The van der Waals surface area contributed by atoms with Crippen molar-refractivity contribution in [2.24, 2.45) is 0 Å². The van der Waals surface area contributed by atoms with Gasteiger partial charge in [-0.1, -0.05) is 26.0 Å². The van der Waals surface area contributed by atoms with Crippen LogP contribution in [0.25, 0.3) is 16.9 Å². The molecule has 6 nitrogen and oxygen atoms in total. The van der Waals surface area contributed by atoms with E-state index in [0.29, 0.717) is 5.92 Å². The number of pyridine rings is 1. The molecule has 4 heterocycles. The van der Waals surface area contributed by atoms with Crippen LogP contribution in [0.5, 0.6) is 0 Å². The summed E-state index contributed by atoms with van der Waals surface area (Å²) in [5, 5.41) is 0. The Kier molecular flexibility index (Phi) is 5.29. The van der Waals surface area contributed by atoms with Gasteiger partial charge in [-0.05, 0) is 43.7 Å². The molecule has 1 aliphatic heterocycles. The van der Waals surface area contributed by atoms with Crippen LogP contribution in [0.4, 0.5) is 11.4 Å². The summed E-state index contributed by atoms with van der Waals surface area (Å²) in [6, 6.07) is 12.9. The molecule has 0 aliphatic carbocycles. The summed E-state index contributed by atoms with van der Waals surface area (Å²) in [5.74, 6) is 1.26. The van der Waals surface area contributed by atoms with E-state index in [1.165, 1.54) is 22.5 Å². The van der Waals surface area contributed by atoms with Gasteiger partial charge in [0.25, 0.3) is 0 Å². The average Bonchev–Trinajstić information content (AvgIpc) is 3.16. The second-order valence-electron chi connectivity index (χ2n) is 8.90. The van der Waals surface area contributed by atoms with Gasteiger partial charge in [-0.3, -0.25) is 0 Å². The highest BCUT2D eigenvalue weighted by Crippen LogP contribution is 2.31. The molecule has 4 aromatic rings. The topological polar surface area (TPSA) is 49.6 Å². The fourth-order valence-electron chi connectivity index (χ4n) is 4.45. The lowest BCUT2D eigenvalue weighted by Gasteiger charge is -2.37. The first-order valence-electron chi connectivity index (χ1n) is 11.4. The van der Waals surface area contributed by atoms with Crippen LogP contribution in [0.15, 0.2) is 55.0 Å². The maximum absolute atomic E-state index is 4.92. The zero-order chi connectivity index (χ0) is 22.2. The molecule has 0 amide bonds. The number of imidazole rings is 1. The molecule has 32 heavy (non-hydrogen) atoms. The van der Waals surface area contributed by atoms with Crippen molar-refractivity contribution in [3.63, 3.8) is 0 Å². The predicted molar refractivity (Wildman–Crippen MR) is 131 cm³/mol. The molecule has 164 valence electrons. The molecule has 0 unspecified atom stereocenters. The van der Waals surface area contributed by atoms with Gasteiger partial charge in [0.1, 0.15) is 11.5 Å². The van der Waals surface area contributed by atoms with Crippen molar-refractivity contribution in [1.29, 1.82) is 0 Å². The lowest BCUT2D eigenvalue weighted by atomic mass is 10.0. The summed E-state index contributed by atoms with van der Waals surface area (Å²) >= 11 is 0. The van der Waals surface area contributed by atoms with Gasteiger partial charge in [0, 0.05) is 55.2 Å². The highest BCUT2D eigenvalue weighted by atomic mass is 15.3. The molecule has 5 rings (SSSR count). The van der Waals surface area contributed by atoms with Gasteiger partial charge in [-0.2, -0.15) is 0 Å². The largest absolute Gasteiger partial charge is 0.368 e. The molecule has 0 saturated carbocycles.